The van der Waals surface area contributed by atoms with Crippen molar-refractivity contribution >= 4 is 40.1 Å². The number of halogens is 4. The topological polar surface area (TPSA) is 70.9 Å². The lowest BCUT2D eigenvalue weighted by Crippen LogP contribution is -2.05. The summed E-state index contributed by atoms with van der Waals surface area (Å²) < 4.78 is 30.5. The third-order valence-electron chi connectivity index (χ3n) is 5.28. The highest BCUT2D eigenvalue weighted by molar-refractivity contribution is 6.31. The zero-order valence-electron chi connectivity index (χ0n) is 16.6. The van der Waals surface area contributed by atoms with Crippen LogP contribution in [0.25, 0.3) is 39.2 Å². The Morgan fingerprint density at radius 2 is 1.79 bits per heavy atom. The molecule has 0 saturated carbocycles. The number of carboxylic acid groups (broad SMARTS) is 1. The van der Waals surface area contributed by atoms with Crippen LogP contribution in [0.1, 0.15) is 10.5 Å². The average molecular weight is 484 g/mol. The van der Waals surface area contributed by atoms with Gasteiger partial charge in [0, 0.05) is 28.2 Å². The van der Waals surface area contributed by atoms with E-state index in [1.807, 2.05) is 24.3 Å². The van der Waals surface area contributed by atoms with Crippen LogP contribution in [0.3, 0.4) is 0 Å². The molecule has 5 nitrogen and oxygen atoms in total. The third kappa shape index (κ3) is 3.46. The number of H-pyrrole nitrogens is 1. The summed E-state index contributed by atoms with van der Waals surface area (Å²) in [5.41, 5.74) is 1.25. The summed E-state index contributed by atoms with van der Waals surface area (Å²) in [7, 11) is 0. The molecule has 5 rings (SSSR count). The van der Waals surface area contributed by atoms with Crippen molar-refractivity contribution in [1.82, 2.24) is 14.5 Å². The first-order chi connectivity index (χ1) is 15.9. The van der Waals surface area contributed by atoms with Crippen LogP contribution < -0.4 is 0 Å². The number of fused-ring (bicyclic) bond motifs is 1. The lowest BCUT2D eigenvalue weighted by molar-refractivity contribution is 0.0692. The van der Waals surface area contributed by atoms with E-state index < -0.39 is 17.6 Å². The van der Waals surface area contributed by atoms with Crippen LogP contribution in [0.15, 0.2) is 66.9 Å². The third-order valence-corrected chi connectivity index (χ3v) is 5.86. The number of carbonyl (C=O) groups is 1. The fourth-order valence-corrected chi connectivity index (χ4v) is 4.17. The second-order valence-corrected chi connectivity index (χ2v) is 8.04. The van der Waals surface area contributed by atoms with E-state index in [4.69, 9.17) is 23.2 Å². The Morgan fingerprint density at radius 1 is 1.00 bits per heavy atom. The largest absolute Gasteiger partial charge is 0.476 e. The predicted octanol–water partition coefficient (Wildman–Crippen LogP) is 6.97. The van der Waals surface area contributed by atoms with Crippen molar-refractivity contribution in [1.29, 1.82) is 0 Å². The fourth-order valence-electron chi connectivity index (χ4n) is 3.82. The molecule has 0 saturated heterocycles. The Hall–Kier alpha value is -3.68. The van der Waals surface area contributed by atoms with Gasteiger partial charge < -0.3 is 10.1 Å². The summed E-state index contributed by atoms with van der Waals surface area (Å²) in [6.45, 7) is 0. The smallest absolute Gasteiger partial charge is 0.356 e. The molecule has 164 valence electrons. The maximum absolute atomic E-state index is 15.3. The molecule has 0 fully saturated rings. The molecule has 0 amide bonds. The molecule has 5 aromatic rings. The van der Waals surface area contributed by atoms with E-state index in [2.05, 4.69) is 9.97 Å². The minimum atomic E-state index is -1.34. The summed E-state index contributed by atoms with van der Waals surface area (Å²) in [5.74, 6) is -2.60. The van der Waals surface area contributed by atoms with E-state index in [1.54, 1.807) is 12.3 Å². The lowest BCUT2D eigenvalue weighted by Gasteiger charge is -2.14. The Labute approximate surface area is 195 Å². The molecule has 2 aromatic heterocycles. The highest BCUT2D eigenvalue weighted by Gasteiger charge is 2.28. The molecule has 0 aliphatic heterocycles. The molecule has 0 atom stereocenters. The number of imidazole rings is 1. The average Bonchev–Trinajstić information content (AvgIpc) is 3.39. The van der Waals surface area contributed by atoms with Gasteiger partial charge in [-0.25, -0.2) is 18.6 Å². The minimum absolute atomic E-state index is 0.0155. The number of benzene rings is 3. The van der Waals surface area contributed by atoms with E-state index in [9.17, 15) is 14.3 Å². The van der Waals surface area contributed by atoms with Crippen molar-refractivity contribution in [3.63, 3.8) is 0 Å². The Bertz CT molecular complexity index is 1560. The van der Waals surface area contributed by atoms with E-state index in [1.165, 1.54) is 28.8 Å². The second kappa shape index (κ2) is 8.03. The van der Waals surface area contributed by atoms with E-state index in [-0.39, 0.29) is 38.5 Å². The van der Waals surface area contributed by atoms with Gasteiger partial charge in [0.05, 0.1) is 21.4 Å². The van der Waals surface area contributed by atoms with Gasteiger partial charge in [0.1, 0.15) is 11.6 Å². The number of carboxylic acids is 1. The van der Waals surface area contributed by atoms with E-state index in [0.29, 0.717) is 5.56 Å². The van der Waals surface area contributed by atoms with Crippen molar-refractivity contribution < 1.29 is 18.7 Å². The van der Waals surface area contributed by atoms with Crippen molar-refractivity contribution in [3.05, 3.63) is 94.2 Å². The van der Waals surface area contributed by atoms with Crippen molar-refractivity contribution in [2.45, 2.75) is 0 Å². The SMILES string of the molecule is O=C(O)c1nc(-c2c[nH]c3ccccc23)n(-c2cccc(Cl)c2F)c1-c1ccc(F)c(Cl)c1. The lowest BCUT2D eigenvalue weighted by atomic mass is 10.1. The molecular formula is C24H13Cl2F2N3O2. The van der Waals surface area contributed by atoms with Gasteiger partial charge in [-0.1, -0.05) is 47.5 Å². The van der Waals surface area contributed by atoms with Crippen LogP contribution in [0.2, 0.25) is 10.0 Å². The maximum Gasteiger partial charge on any atom is 0.356 e. The molecular weight excluding hydrogens is 471 g/mol. The monoisotopic (exact) mass is 483 g/mol. The molecule has 2 N–H and O–H groups in total. The van der Waals surface area contributed by atoms with Gasteiger partial charge in [0.25, 0.3) is 0 Å². The molecule has 0 aliphatic rings. The summed E-state index contributed by atoms with van der Waals surface area (Å²) in [4.78, 5) is 19.7. The van der Waals surface area contributed by atoms with Gasteiger partial charge in [-0.2, -0.15) is 0 Å². The van der Waals surface area contributed by atoms with Crippen LogP contribution in [-0.2, 0) is 0 Å². The molecule has 0 bridgehead atoms. The zero-order valence-corrected chi connectivity index (χ0v) is 18.1. The number of nitrogens with zero attached hydrogens (tertiary/aromatic N) is 2. The quantitative estimate of drug-likeness (QED) is 0.290. The number of aromatic nitrogens is 3. The molecule has 3 aromatic carbocycles. The number of para-hydroxylation sites is 1. The number of aromatic carboxylic acids is 1. The van der Waals surface area contributed by atoms with Gasteiger partial charge in [0.15, 0.2) is 11.5 Å². The number of rotatable bonds is 4. The number of hydrogen-bond acceptors (Lipinski definition) is 2. The molecule has 0 aliphatic carbocycles. The normalized spacial score (nSPS) is 11.3. The number of nitrogens with one attached hydrogen (secondary N) is 1. The standard InChI is InChI=1S/C24H13Cl2F2N3O2/c25-15-5-3-7-19(20(15)28)31-22(12-8-9-17(27)16(26)10-12)21(24(32)33)30-23(31)14-11-29-18-6-2-1-4-13(14)18/h1-11,29H,(H,32,33). The van der Waals surface area contributed by atoms with Crippen molar-refractivity contribution in [3.8, 4) is 28.3 Å². The van der Waals surface area contributed by atoms with Crippen molar-refractivity contribution in [2.75, 3.05) is 0 Å². The van der Waals surface area contributed by atoms with Gasteiger partial charge in [-0.15, -0.1) is 0 Å². The molecule has 0 spiro atoms. The van der Waals surface area contributed by atoms with Gasteiger partial charge in [-0.3, -0.25) is 4.57 Å². The summed E-state index contributed by atoms with van der Waals surface area (Å²) in [5, 5.41) is 10.4. The Balaban J connectivity index is 1.94. The van der Waals surface area contributed by atoms with Crippen LogP contribution in [0.5, 0.6) is 0 Å². The van der Waals surface area contributed by atoms with E-state index in [0.717, 1.165) is 17.0 Å². The van der Waals surface area contributed by atoms with Crippen molar-refractivity contribution in [2.24, 2.45) is 0 Å². The number of aromatic amines is 1. The van der Waals surface area contributed by atoms with Crippen LogP contribution in [0.4, 0.5) is 8.78 Å². The summed E-state index contributed by atoms with van der Waals surface area (Å²) in [6, 6.07) is 15.5. The first kappa shape index (κ1) is 21.2. The van der Waals surface area contributed by atoms with Gasteiger partial charge in [0.2, 0.25) is 0 Å². The first-order valence-electron chi connectivity index (χ1n) is 9.69. The fraction of sp³-hybridized carbons (Fsp3) is 0. The Kier molecular flexibility index (Phi) is 5.15. The van der Waals surface area contributed by atoms with E-state index >= 15 is 4.39 Å². The Morgan fingerprint density at radius 3 is 2.55 bits per heavy atom. The van der Waals surface area contributed by atoms with Crippen LogP contribution >= 0.6 is 23.2 Å². The highest BCUT2D eigenvalue weighted by Crippen LogP contribution is 2.38. The van der Waals surface area contributed by atoms with Gasteiger partial charge in [-0.05, 0) is 36.4 Å². The minimum Gasteiger partial charge on any atom is -0.476 e. The zero-order chi connectivity index (χ0) is 23.3. The molecule has 2 heterocycles. The summed E-state index contributed by atoms with van der Waals surface area (Å²) >= 11 is 12.0. The maximum atomic E-state index is 15.3. The molecule has 33 heavy (non-hydrogen) atoms. The number of hydrogen-bond donors (Lipinski definition) is 2. The first-order valence-corrected chi connectivity index (χ1v) is 10.4. The van der Waals surface area contributed by atoms with Crippen LogP contribution in [-0.4, -0.2) is 25.6 Å². The van der Waals surface area contributed by atoms with Crippen LogP contribution in [0, 0.1) is 11.6 Å². The molecule has 0 radical (unpaired) electrons. The molecule has 9 heteroatoms. The van der Waals surface area contributed by atoms with Gasteiger partial charge >= 0.3 is 5.97 Å². The summed E-state index contributed by atoms with van der Waals surface area (Å²) in [6.07, 6.45) is 1.67. The molecule has 0 unspecified atom stereocenters. The predicted molar refractivity (Wildman–Crippen MR) is 123 cm³/mol. The second-order valence-electron chi connectivity index (χ2n) is 7.22. The highest BCUT2D eigenvalue weighted by atomic mass is 35.5.